The van der Waals surface area contributed by atoms with Crippen molar-refractivity contribution in [2.45, 2.75) is 19.2 Å². The maximum Gasteiger partial charge on any atom is 0.264 e. The van der Waals surface area contributed by atoms with Gasteiger partial charge in [0.15, 0.2) is 0 Å². The van der Waals surface area contributed by atoms with E-state index in [0.29, 0.717) is 15.0 Å². The van der Waals surface area contributed by atoms with Crippen molar-refractivity contribution in [2.24, 2.45) is 0 Å². The molecule has 5 heteroatoms. The molecular weight excluding hydrogens is 310 g/mol. The molecule has 0 aliphatic carbocycles. The molecule has 0 aromatic carbocycles. The lowest BCUT2D eigenvalue weighted by Crippen LogP contribution is -2.00. The third-order valence-corrected chi connectivity index (χ3v) is 2.76. The first-order valence-electron chi connectivity index (χ1n) is 3.56. The van der Waals surface area contributed by atoms with E-state index in [2.05, 4.69) is 4.98 Å². The van der Waals surface area contributed by atoms with Gasteiger partial charge in [-0.25, -0.2) is 13.8 Å². The number of rotatable bonds is 2. The second-order valence-corrected chi connectivity index (χ2v) is 3.85. The Morgan fingerprint density at radius 2 is 2.23 bits per heavy atom. The summed E-state index contributed by atoms with van der Waals surface area (Å²) in [7, 11) is 0. The molecule has 0 amide bonds. The van der Waals surface area contributed by atoms with Crippen molar-refractivity contribution in [3.05, 3.63) is 26.6 Å². The molecule has 0 atom stereocenters. The third kappa shape index (κ3) is 2.49. The van der Waals surface area contributed by atoms with Gasteiger partial charge in [0.2, 0.25) is 0 Å². The largest absolute Gasteiger partial charge is 0.264 e. The minimum absolute atomic E-state index is 0.00750. The molecule has 0 saturated carbocycles. The summed E-state index contributed by atoms with van der Waals surface area (Å²) in [5, 5.41) is 0. The molecule has 0 fully saturated rings. The van der Waals surface area contributed by atoms with Gasteiger partial charge in [0, 0.05) is 16.8 Å². The average Bonchev–Trinajstić information content (AvgIpc) is 2.02. The Bertz CT molecular complexity index is 317. The number of aryl methyl sites for hydroxylation is 1. The zero-order chi connectivity index (χ0) is 10.0. The van der Waals surface area contributed by atoms with Gasteiger partial charge in [0.05, 0.1) is 5.88 Å². The van der Waals surface area contributed by atoms with Crippen LogP contribution in [0.25, 0.3) is 0 Å². The fourth-order valence-corrected chi connectivity index (χ4v) is 2.40. The van der Waals surface area contributed by atoms with Crippen LogP contribution in [0, 0.1) is 10.6 Å². The van der Waals surface area contributed by atoms with Crippen LogP contribution in [0.1, 0.15) is 23.2 Å². The molecule has 1 aromatic heterocycles. The maximum absolute atomic E-state index is 12.5. The van der Waals surface area contributed by atoms with E-state index in [-0.39, 0.29) is 11.4 Å². The molecule has 1 nitrogen and oxygen atoms in total. The van der Waals surface area contributed by atoms with Crippen LogP contribution in [-0.4, -0.2) is 4.98 Å². The van der Waals surface area contributed by atoms with Crippen molar-refractivity contribution in [2.75, 3.05) is 0 Å². The Balaban J connectivity index is 3.29. The van der Waals surface area contributed by atoms with Crippen LogP contribution < -0.4 is 0 Å². The molecule has 72 valence electrons. The first kappa shape index (κ1) is 11.1. The molecule has 0 spiro atoms. The van der Waals surface area contributed by atoms with E-state index in [1.165, 1.54) is 6.07 Å². The van der Waals surface area contributed by atoms with Crippen LogP contribution >= 0.6 is 34.2 Å². The fourth-order valence-electron chi connectivity index (χ4n) is 1.01. The van der Waals surface area contributed by atoms with Gasteiger partial charge >= 0.3 is 0 Å². The number of hydrogen-bond donors (Lipinski definition) is 0. The van der Waals surface area contributed by atoms with Crippen LogP contribution in [0.3, 0.4) is 0 Å². The predicted octanol–water partition coefficient (Wildman–Crippen LogP) is 3.67. The van der Waals surface area contributed by atoms with Gasteiger partial charge in [-0.05, 0) is 35.6 Å². The molecule has 1 rings (SSSR count). The maximum atomic E-state index is 12.5. The van der Waals surface area contributed by atoms with Gasteiger partial charge in [-0.2, -0.15) is 0 Å². The summed E-state index contributed by atoms with van der Waals surface area (Å²) in [5.74, 6) is 0.0746. The van der Waals surface area contributed by atoms with Crippen LogP contribution in [0.5, 0.6) is 0 Å². The van der Waals surface area contributed by atoms with Crippen LogP contribution in [0.2, 0.25) is 0 Å². The van der Waals surface area contributed by atoms with E-state index in [1.54, 1.807) is 6.92 Å². The normalized spacial score (nSPS) is 10.9. The minimum atomic E-state index is -2.48. The zero-order valence-corrected chi connectivity index (χ0v) is 9.73. The summed E-state index contributed by atoms with van der Waals surface area (Å²) in [5.41, 5.74) is 1.02. The summed E-state index contributed by atoms with van der Waals surface area (Å²) in [6, 6.07) is 1.38. The average molecular weight is 318 g/mol. The van der Waals surface area contributed by atoms with Gasteiger partial charge in [0.25, 0.3) is 6.43 Å². The SMILES string of the molecule is Cc1cc(C(F)F)c(CCl)c(I)n1. The summed E-state index contributed by atoms with van der Waals surface area (Å²) in [4.78, 5) is 4.06. The van der Waals surface area contributed by atoms with Gasteiger partial charge in [-0.1, -0.05) is 0 Å². The lowest BCUT2D eigenvalue weighted by molar-refractivity contribution is 0.150. The highest BCUT2D eigenvalue weighted by molar-refractivity contribution is 14.1. The molecule has 0 aliphatic heterocycles. The molecular formula is C8H7ClF2IN. The van der Waals surface area contributed by atoms with E-state index in [0.717, 1.165) is 0 Å². The minimum Gasteiger partial charge on any atom is -0.247 e. The first-order chi connectivity index (χ1) is 6.06. The number of aromatic nitrogens is 1. The van der Waals surface area contributed by atoms with Crippen molar-refractivity contribution in [1.82, 2.24) is 4.98 Å². The monoisotopic (exact) mass is 317 g/mol. The quantitative estimate of drug-likeness (QED) is 0.461. The summed E-state index contributed by atoms with van der Waals surface area (Å²) in [6.45, 7) is 1.69. The zero-order valence-electron chi connectivity index (χ0n) is 6.82. The van der Waals surface area contributed by atoms with Crippen molar-refractivity contribution in [3.8, 4) is 0 Å². The lowest BCUT2D eigenvalue weighted by atomic mass is 10.1. The molecule has 0 radical (unpaired) electrons. The molecule has 0 saturated heterocycles. The summed E-state index contributed by atoms with van der Waals surface area (Å²) in [6.07, 6.45) is -2.48. The van der Waals surface area contributed by atoms with E-state index in [9.17, 15) is 8.78 Å². The predicted molar refractivity (Wildman–Crippen MR) is 56.2 cm³/mol. The highest BCUT2D eigenvalue weighted by Gasteiger charge is 2.16. The molecule has 1 heterocycles. The van der Waals surface area contributed by atoms with Gasteiger partial charge in [0.1, 0.15) is 3.70 Å². The Morgan fingerprint density at radius 3 is 2.69 bits per heavy atom. The van der Waals surface area contributed by atoms with E-state index in [4.69, 9.17) is 11.6 Å². The van der Waals surface area contributed by atoms with Crippen LogP contribution in [0.15, 0.2) is 6.07 Å². The topological polar surface area (TPSA) is 12.9 Å². The summed E-state index contributed by atoms with van der Waals surface area (Å²) >= 11 is 7.47. The number of pyridine rings is 1. The van der Waals surface area contributed by atoms with E-state index >= 15 is 0 Å². The van der Waals surface area contributed by atoms with Crippen LogP contribution in [0.4, 0.5) is 8.78 Å². The molecule has 1 aromatic rings. The Labute approximate surface area is 93.6 Å². The van der Waals surface area contributed by atoms with Gasteiger partial charge < -0.3 is 0 Å². The number of halogens is 4. The third-order valence-electron chi connectivity index (χ3n) is 1.61. The molecule has 0 bridgehead atoms. The standard InChI is InChI=1S/C8H7ClF2IN/c1-4-2-5(7(10)11)6(3-9)8(12)13-4/h2,7H,3H2,1H3. The number of nitrogens with zero attached hydrogens (tertiary/aromatic N) is 1. The summed E-state index contributed by atoms with van der Waals surface area (Å²) < 4.78 is 25.5. The number of alkyl halides is 3. The second-order valence-electron chi connectivity index (χ2n) is 2.56. The smallest absolute Gasteiger partial charge is 0.247 e. The van der Waals surface area contributed by atoms with E-state index in [1.807, 2.05) is 22.6 Å². The highest BCUT2D eigenvalue weighted by atomic mass is 127. The van der Waals surface area contributed by atoms with Crippen molar-refractivity contribution < 1.29 is 8.78 Å². The highest BCUT2D eigenvalue weighted by Crippen LogP contribution is 2.27. The molecule has 0 unspecified atom stereocenters. The van der Waals surface area contributed by atoms with Crippen molar-refractivity contribution in [1.29, 1.82) is 0 Å². The Kier molecular flexibility index (Phi) is 3.85. The Morgan fingerprint density at radius 1 is 1.62 bits per heavy atom. The van der Waals surface area contributed by atoms with Crippen LogP contribution in [-0.2, 0) is 5.88 Å². The van der Waals surface area contributed by atoms with Crippen molar-refractivity contribution >= 4 is 34.2 Å². The van der Waals surface area contributed by atoms with Gasteiger partial charge in [-0.15, -0.1) is 11.6 Å². The first-order valence-corrected chi connectivity index (χ1v) is 5.17. The lowest BCUT2D eigenvalue weighted by Gasteiger charge is -2.08. The van der Waals surface area contributed by atoms with Gasteiger partial charge in [-0.3, -0.25) is 0 Å². The van der Waals surface area contributed by atoms with E-state index < -0.39 is 6.43 Å². The van der Waals surface area contributed by atoms with Crippen molar-refractivity contribution in [3.63, 3.8) is 0 Å². The fraction of sp³-hybridized carbons (Fsp3) is 0.375. The Hall–Kier alpha value is 0.0300. The molecule has 0 aliphatic rings. The molecule has 13 heavy (non-hydrogen) atoms. The number of hydrogen-bond acceptors (Lipinski definition) is 1. The second kappa shape index (κ2) is 4.50. The molecule has 0 N–H and O–H groups in total.